The molecule has 0 aromatic carbocycles. The molecule has 17 heavy (non-hydrogen) atoms. The minimum Gasteiger partial charge on any atom is -0.298 e. The van der Waals surface area contributed by atoms with Gasteiger partial charge in [0.2, 0.25) is 0 Å². The van der Waals surface area contributed by atoms with Crippen LogP contribution in [0.15, 0.2) is 12.3 Å². The van der Waals surface area contributed by atoms with Gasteiger partial charge in [-0.25, -0.2) is 9.97 Å². The zero-order chi connectivity index (χ0) is 12.6. The second kappa shape index (κ2) is 3.85. The maximum absolute atomic E-state index is 8.92. The topological polar surface area (TPSA) is 54.5 Å². The van der Waals surface area contributed by atoms with Crippen LogP contribution < -0.4 is 0 Å². The van der Waals surface area contributed by atoms with Crippen molar-refractivity contribution in [3.05, 3.63) is 23.7 Å². The Labute approximate surface area is 101 Å². The molecule has 4 heteroatoms. The summed E-state index contributed by atoms with van der Waals surface area (Å²) in [6.45, 7) is 8.56. The molecule has 0 atom stereocenters. The highest BCUT2D eigenvalue weighted by Crippen LogP contribution is 2.25. The van der Waals surface area contributed by atoms with E-state index >= 15 is 0 Å². The molecule has 0 unspecified atom stereocenters. The summed E-state index contributed by atoms with van der Waals surface area (Å²) >= 11 is 0. The van der Waals surface area contributed by atoms with Crippen LogP contribution in [0.5, 0.6) is 0 Å². The smallest absolute Gasteiger partial charge is 0.160 e. The number of aromatic nitrogens is 3. The van der Waals surface area contributed by atoms with Crippen LogP contribution in [0, 0.1) is 18.3 Å². The highest BCUT2D eigenvalue weighted by molar-refractivity contribution is 5.72. The van der Waals surface area contributed by atoms with E-state index in [0.717, 1.165) is 22.6 Å². The van der Waals surface area contributed by atoms with E-state index < -0.39 is 0 Å². The molecule has 0 N–H and O–H groups in total. The maximum atomic E-state index is 8.92. The Bertz CT molecular complexity index is 596. The first-order chi connectivity index (χ1) is 7.93. The van der Waals surface area contributed by atoms with Crippen LogP contribution in [0.4, 0.5) is 0 Å². The Morgan fingerprint density at radius 1 is 1.41 bits per heavy atom. The van der Waals surface area contributed by atoms with Crippen molar-refractivity contribution in [1.82, 2.24) is 14.5 Å². The molecule has 0 aliphatic heterocycles. The van der Waals surface area contributed by atoms with E-state index in [1.807, 2.05) is 23.8 Å². The first kappa shape index (κ1) is 11.6. The predicted octanol–water partition coefficient (Wildman–Crippen LogP) is 2.56. The van der Waals surface area contributed by atoms with Crippen molar-refractivity contribution in [2.45, 2.75) is 39.7 Å². The van der Waals surface area contributed by atoms with Crippen LogP contribution >= 0.6 is 0 Å². The number of nitriles is 1. The lowest BCUT2D eigenvalue weighted by atomic mass is 9.96. The fourth-order valence-corrected chi connectivity index (χ4v) is 1.90. The van der Waals surface area contributed by atoms with Crippen molar-refractivity contribution < 1.29 is 0 Å². The zero-order valence-electron chi connectivity index (χ0n) is 10.7. The van der Waals surface area contributed by atoms with Crippen LogP contribution in [-0.2, 0) is 12.0 Å². The molecule has 0 saturated heterocycles. The molecule has 2 aromatic rings. The van der Waals surface area contributed by atoms with Gasteiger partial charge in [0.05, 0.1) is 6.07 Å². The average Bonchev–Trinajstić information content (AvgIpc) is 2.56. The van der Waals surface area contributed by atoms with Gasteiger partial charge in [-0.15, -0.1) is 0 Å². The highest BCUT2D eigenvalue weighted by Gasteiger charge is 2.23. The summed E-state index contributed by atoms with van der Waals surface area (Å²) in [4.78, 5) is 9.00. The Morgan fingerprint density at radius 2 is 2.12 bits per heavy atom. The van der Waals surface area contributed by atoms with Crippen molar-refractivity contribution >= 4 is 11.2 Å². The molecule has 0 radical (unpaired) electrons. The lowest BCUT2D eigenvalue weighted by molar-refractivity contribution is 0.518. The number of nitrogens with zero attached hydrogens (tertiary/aromatic N) is 4. The number of rotatable bonds is 1. The first-order valence-corrected chi connectivity index (χ1v) is 5.64. The van der Waals surface area contributed by atoms with Gasteiger partial charge in [0.25, 0.3) is 0 Å². The molecule has 0 bridgehead atoms. The molecule has 0 fully saturated rings. The van der Waals surface area contributed by atoms with E-state index in [1.165, 1.54) is 0 Å². The molecule has 0 saturated carbocycles. The second-order valence-corrected chi connectivity index (χ2v) is 5.29. The molecule has 2 rings (SSSR count). The predicted molar refractivity (Wildman–Crippen MR) is 66.6 cm³/mol. The number of pyridine rings is 1. The fourth-order valence-electron chi connectivity index (χ4n) is 1.90. The van der Waals surface area contributed by atoms with Gasteiger partial charge in [-0.2, -0.15) is 5.26 Å². The third kappa shape index (κ3) is 2.01. The Balaban J connectivity index is 2.75. The van der Waals surface area contributed by atoms with Crippen LogP contribution in [-0.4, -0.2) is 14.5 Å². The summed E-state index contributed by atoms with van der Waals surface area (Å²) < 4.78 is 1.90. The summed E-state index contributed by atoms with van der Waals surface area (Å²) in [5.41, 5.74) is 2.65. The van der Waals surface area contributed by atoms with Crippen molar-refractivity contribution in [3.63, 3.8) is 0 Å². The normalized spacial score (nSPS) is 11.7. The van der Waals surface area contributed by atoms with Crippen LogP contribution in [0.25, 0.3) is 11.2 Å². The van der Waals surface area contributed by atoms with Crippen molar-refractivity contribution in [2.75, 3.05) is 0 Å². The number of hydrogen-bond acceptors (Lipinski definition) is 3. The Kier molecular flexibility index (Phi) is 2.62. The molecule has 0 aliphatic carbocycles. The molecule has 0 spiro atoms. The van der Waals surface area contributed by atoms with E-state index in [1.54, 1.807) is 0 Å². The van der Waals surface area contributed by atoms with Gasteiger partial charge in [-0.1, -0.05) is 20.8 Å². The van der Waals surface area contributed by atoms with Crippen molar-refractivity contribution in [2.24, 2.45) is 0 Å². The summed E-state index contributed by atoms with van der Waals surface area (Å²) in [5, 5.41) is 8.92. The largest absolute Gasteiger partial charge is 0.298 e. The van der Waals surface area contributed by atoms with Gasteiger partial charge in [0, 0.05) is 11.6 Å². The van der Waals surface area contributed by atoms with Crippen LogP contribution in [0.1, 0.15) is 32.2 Å². The summed E-state index contributed by atoms with van der Waals surface area (Å²) in [6.07, 6.45) is 1.81. The van der Waals surface area contributed by atoms with E-state index in [9.17, 15) is 0 Å². The van der Waals surface area contributed by atoms with E-state index in [0.29, 0.717) is 6.54 Å². The zero-order valence-corrected chi connectivity index (χ0v) is 10.7. The molecule has 2 aromatic heterocycles. The van der Waals surface area contributed by atoms with Gasteiger partial charge in [-0.05, 0) is 18.6 Å². The van der Waals surface area contributed by atoms with E-state index in [2.05, 4.69) is 36.8 Å². The Hall–Kier alpha value is -1.89. The SMILES string of the molecule is Cc1cnc2c(c1)nc(C(C)(C)C)n2CC#N. The van der Waals surface area contributed by atoms with Crippen LogP contribution in [0.2, 0.25) is 0 Å². The maximum Gasteiger partial charge on any atom is 0.160 e. The third-order valence-electron chi connectivity index (χ3n) is 2.62. The van der Waals surface area contributed by atoms with Gasteiger partial charge >= 0.3 is 0 Å². The Morgan fingerprint density at radius 3 is 2.71 bits per heavy atom. The van der Waals surface area contributed by atoms with E-state index in [4.69, 9.17) is 5.26 Å². The number of hydrogen-bond donors (Lipinski definition) is 0. The molecule has 0 aliphatic rings. The van der Waals surface area contributed by atoms with Gasteiger partial charge in [-0.3, -0.25) is 4.57 Å². The minimum absolute atomic E-state index is 0.0918. The fraction of sp³-hybridized carbons (Fsp3) is 0.462. The quantitative estimate of drug-likeness (QED) is 0.753. The van der Waals surface area contributed by atoms with Gasteiger partial charge < -0.3 is 0 Å². The summed E-state index contributed by atoms with van der Waals surface area (Å²) in [5.74, 6) is 0.909. The molecule has 0 amide bonds. The lowest BCUT2D eigenvalue weighted by Crippen LogP contribution is -2.19. The molecular formula is C13H16N4. The van der Waals surface area contributed by atoms with Gasteiger partial charge in [0.15, 0.2) is 5.65 Å². The monoisotopic (exact) mass is 228 g/mol. The highest BCUT2D eigenvalue weighted by atomic mass is 15.1. The number of fused-ring (bicyclic) bond motifs is 1. The van der Waals surface area contributed by atoms with Gasteiger partial charge in [0.1, 0.15) is 17.9 Å². The van der Waals surface area contributed by atoms with E-state index in [-0.39, 0.29) is 5.41 Å². The summed E-state index contributed by atoms with van der Waals surface area (Å²) in [7, 11) is 0. The second-order valence-electron chi connectivity index (χ2n) is 5.29. The van der Waals surface area contributed by atoms with Crippen LogP contribution in [0.3, 0.4) is 0 Å². The molecule has 2 heterocycles. The summed E-state index contributed by atoms with van der Waals surface area (Å²) in [6, 6.07) is 4.18. The minimum atomic E-state index is -0.0918. The molecular weight excluding hydrogens is 212 g/mol. The third-order valence-corrected chi connectivity index (χ3v) is 2.62. The number of imidazole rings is 1. The average molecular weight is 228 g/mol. The lowest BCUT2D eigenvalue weighted by Gasteiger charge is -2.18. The number of aryl methyl sites for hydroxylation is 1. The van der Waals surface area contributed by atoms with Crippen molar-refractivity contribution in [3.8, 4) is 6.07 Å². The molecule has 88 valence electrons. The first-order valence-electron chi connectivity index (χ1n) is 5.64. The van der Waals surface area contributed by atoms with Crippen molar-refractivity contribution in [1.29, 1.82) is 5.26 Å². The molecule has 4 nitrogen and oxygen atoms in total. The standard InChI is InChI=1S/C13H16N4/c1-9-7-10-11(15-8-9)17(6-5-14)12(16-10)13(2,3)4/h7-8H,6H2,1-4H3.